The Hall–Kier alpha value is -2.41. The Morgan fingerprint density at radius 3 is 2.21 bits per heavy atom. The summed E-state index contributed by atoms with van der Waals surface area (Å²) >= 11 is 0. The van der Waals surface area contributed by atoms with E-state index in [1.54, 1.807) is 12.1 Å². The molecule has 1 saturated carbocycles. The summed E-state index contributed by atoms with van der Waals surface area (Å²) in [5, 5.41) is 0. The van der Waals surface area contributed by atoms with E-state index >= 15 is 0 Å². The summed E-state index contributed by atoms with van der Waals surface area (Å²) < 4.78 is 14.9. The van der Waals surface area contributed by atoms with Crippen molar-refractivity contribution in [3.63, 3.8) is 0 Å². The molecule has 3 rings (SSSR count). The molecule has 0 atom stereocenters. The first kappa shape index (κ1) is 20.3. The van der Waals surface area contributed by atoms with Crippen LogP contribution in [0.25, 0.3) is 16.7 Å². The van der Waals surface area contributed by atoms with Crippen LogP contribution in [0, 0.1) is 11.7 Å². The molecule has 0 aromatic heterocycles. The predicted molar refractivity (Wildman–Crippen MR) is 120 cm³/mol. The van der Waals surface area contributed by atoms with Crippen LogP contribution in [-0.4, -0.2) is 0 Å². The lowest BCUT2D eigenvalue weighted by atomic mass is 9.79. The molecule has 0 bridgehead atoms. The number of halogens is 1. The summed E-state index contributed by atoms with van der Waals surface area (Å²) in [5.74, 6) is 1.32. The Kier molecular flexibility index (Phi) is 6.67. The van der Waals surface area contributed by atoms with Gasteiger partial charge in [-0.25, -0.2) is 4.39 Å². The van der Waals surface area contributed by atoms with Crippen LogP contribution in [0.2, 0.25) is 0 Å². The maximum absolute atomic E-state index is 14.9. The lowest BCUT2D eigenvalue weighted by Crippen LogP contribution is -2.10. The fourth-order valence-electron chi connectivity index (χ4n) is 4.00. The van der Waals surface area contributed by atoms with E-state index < -0.39 is 0 Å². The summed E-state index contributed by atoms with van der Waals surface area (Å²) in [6.07, 6.45) is 10.9. The molecule has 0 saturated heterocycles. The van der Waals surface area contributed by atoms with E-state index in [4.69, 9.17) is 0 Å². The molecule has 1 aliphatic carbocycles. The number of rotatable bonds is 5. The van der Waals surface area contributed by atoms with Crippen LogP contribution in [-0.2, 0) is 0 Å². The Labute approximate surface area is 169 Å². The van der Waals surface area contributed by atoms with Crippen molar-refractivity contribution in [1.82, 2.24) is 0 Å². The molecule has 2 aromatic carbocycles. The molecule has 0 N–H and O–H groups in total. The molecule has 1 aliphatic rings. The van der Waals surface area contributed by atoms with Crippen LogP contribution in [0.4, 0.5) is 4.39 Å². The lowest BCUT2D eigenvalue weighted by Gasteiger charge is -2.26. The number of allylic oxidation sites excluding steroid dienone is 5. The molecule has 0 aliphatic heterocycles. The van der Waals surface area contributed by atoms with Gasteiger partial charge in [0.25, 0.3) is 0 Å². The third-order valence-electron chi connectivity index (χ3n) is 5.83. The monoisotopic (exact) mass is 374 g/mol. The van der Waals surface area contributed by atoms with Gasteiger partial charge in [0.15, 0.2) is 0 Å². The van der Waals surface area contributed by atoms with E-state index in [2.05, 4.69) is 37.8 Å². The average molecular weight is 375 g/mol. The van der Waals surface area contributed by atoms with Gasteiger partial charge in [-0.2, -0.15) is 0 Å². The summed E-state index contributed by atoms with van der Waals surface area (Å²) in [7, 11) is 0. The third kappa shape index (κ3) is 4.90. The minimum absolute atomic E-state index is 0.193. The van der Waals surface area contributed by atoms with Crippen LogP contribution in [0.3, 0.4) is 0 Å². The number of benzene rings is 2. The minimum atomic E-state index is -0.193. The molecule has 0 nitrogen and oxygen atoms in total. The van der Waals surface area contributed by atoms with Crippen molar-refractivity contribution in [2.75, 3.05) is 0 Å². The molecular weight excluding hydrogens is 343 g/mol. The van der Waals surface area contributed by atoms with Gasteiger partial charge in [0.05, 0.1) is 0 Å². The van der Waals surface area contributed by atoms with Crippen LogP contribution in [0.5, 0.6) is 0 Å². The second-order valence-electron chi connectivity index (χ2n) is 8.34. The maximum Gasteiger partial charge on any atom is 0.131 e. The van der Waals surface area contributed by atoms with Crippen molar-refractivity contribution in [3.05, 3.63) is 89.8 Å². The molecule has 0 heterocycles. The molecule has 0 unspecified atom stereocenters. The topological polar surface area (TPSA) is 0 Å². The van der Waals surface area contributed by atoms with Gasteiger partial charge in [0.1, 0.15) is 5.82 Å². The highest BCUT2D eigenvalue weighted by Gasteiger charge is 2.19. The largest absolute Gasteiger partial charge is 0.206 e. The quantitative estimate of drug-likeness (QED) is 0.461. The molecule has 0 spiro atoms. The van der Waals surface area contributed by atoms with Gasteiger partial charge >= 0.3 is 0 Å². The molecular formula is C27H31F. The average Bonchev–Trinajstić information content (AvgIpc) is 2.69. The summed E-state index contributed by atoms with van der Waals surface area (Å²) in [5.41, 5.74) is 5.95. The predicted octanol–water partition coefficient (Wildman–Crippen LogP) is 8.32. The minimum Gasteiger partial charge on any atom is -0.206 e. The zero-order valence-corrected chi connectivity index (χ0v) is 17.3. The van der Waals surface area contributed by atoms with E-state index in [0.717, 1.165) is 22.6 Å². The molecule has 28 heavy (non-hydrogen) atoms. The molecule has 0 radical (unpaired) electrons. The van der Waals surface area contributed by atoms with Crippen molar-refractivity contribution in [2.24, 2.45) is 5.92 Å². The smallest absolute Gasteiger partial charge is 0.131 e. The van der Waals surface area contributed by atoms with E-state index in [1.807, 2.05) is 38.1 Å². The molecule has 146 valence electrons. The fourth-order valence-corrected chi connectivity index (χ4v) is 4.00. The van der Waals surface area contributed by atoms with Gasteiger partial charge in [-0.1, -0.05) is 86.5 Å². The maximum atomic E-state index is 14.9. The van der Waals surface area contributed by atoms with E-state index in [0.29, 0.717) is 11.5 Å². The first-order valence-corrected chi connectivity index (χ1v) is 10.4. The number of hydrogen-bond acceptors (Lipinski definition) is 0. The number of hydrogen-bond donors (Lipinski definition) is 0. The SMILES string of the molecule is C=C/C(=C\C=C(C)C)c1ccc(-c2ccc(C3CCC(C)CC3)cc2)c(F)c1. The first-order chi connectivity index (χ1) is 13.5. The zero-order chi connectivity index (χ0) is 20.1. The highest BCUT2D eigenvalue weighted by Crippen LogP contribution is 2.36. The van der Waals surface area contributed by atoms with Crippen molar-refractivity contribution in [3.8, 4) is 11.1 Å². The van der Waals surface area contributed by atoms with Gasteiger partial charge in [-0.15, -0.1) is 0 Å². The first-order valence-electron chi connectivity index (χ1n) is 10.4. The second-order valence-corrected chi connectivity index (χ2v) is 8.34. The summed E-state index contributed by atoms with van der Waals surface area (Å²) in [6, 6.07) is 14.0. The standard InChI is InChI=1S/C27H31F/c1-5-21(9-6-19(2)3)25-16-17-26(27(28)18-25)24-14-12-23(13-15-24)22-10-7-20(4)8-11-22/h5-6,9,12-18,20,22H,1,7-8,10-11H2,2-4H3/b21-9+. The van der Waals surface area contributed by atoms with Crippen molar-refractivity contribution in [1.29, 1.82) is 0 Å². The molecule has 0 amide bonds. The second kappa shape index (κ2) is 9.19. The Bertz CT molecular complexity index is 871. The zero-order valence-electron chi connectivity index (χ0n) is 17.3. The van der Waals surface area contributed by atoms with Gasteiger partial charge < -0.3 is 0 Å². The normalized spacial score (nSPS) is 19.9. The van der Waals surface area contributed by atoms with E-state index in [-0.39, 0.29) is 5.82 Å². The van der Waals surface area contributed by atoms with E-state index in [1.165, 1.54) is 36.8 Å². The highest BCUT2D eigenvalue weighted by atomic mass is 19.1. The van der Waals surface area contributed by atoms with Crippen molar-refractivity contribution in [2.45, 2.75) is 52.4 Å². The Balaban J connectivity index is 1.81. The van der Waals surface area contributed by atoms with Gasteiger partial charge in [-0.05, 0) is 66.9 Å². The van der Waals surface area contributed by atoms with Crippen LogP contribution in [0.15, 0.2) is 72.8 Å². The third-order valence-corrected chi connectivity index (χ3v) is 5.83. The fraction of sp³-hybridized carbons (Fsp3) is 0.333. The Morgan fingerprint density at radius 1 is 0.964 bits per heavy atom. The lowest BCUT2D eigenvalue weighted by molar-refractivity contribution is 0.348. The highest BCUT2D eigenvalue weighted by molar-refractivity contribution is 5.77. The van der Waals surface area contributed by atoms with Crippen LogP contribution < -0.4 is 0 Å². The van der Waals surface area contributed by atoms with E-state index in [9.17, 15) is 4.39 Å². The molecule has 1 heteroatoms. The Morgan fingerprint density at radius 2 is 1.64 bits per heavy atom. The molecule has 2 aromatic rings. The van der Waals surface area contributed by atoms with Crippen LogP contribution >= 0.6 is 0 Å². The van der Waals surface area contributed by atoms with Crippen LogP contribution in [0.1, 0.15) is 63.5 Å². The summed E-state index contributed by atoms with van der Waals surface area (Å²) in [4.78, 5) is 0. The van der Waals surface area contributed by atoms with Gasteiger partial charge in [-0.3, -0.25) is 0 Å². The summed E-state index contributed by atoms with van der Waals surface area (Å²) in [6.45, 7) is 10.3. The van der Waals surface area contributed by atoms with Crippen molar-refractivity contribution < 1.29 is 4.39 Å². The van der Waals surface area contributed by atoms with Gasteiger partial charge in [0.2, 0.25) is 0 Å². The van der Waals surface area contributed by atoms with Gasteiger partial charge in [0, 0.05) is 5.56 Å². The van der Waals surface area contributed by atoms with Crippen molar-refractivity contribution >= 4 is 5.57 Å². The molecule has 1 fully saturated rings.